The second-order valence-corrected chi connectivity index (χ2v) is 5.20. The van der Waals surface area contributed by atoms with Gasteiger partial charge in [-0.05, 0) is 37.4 Å². The zero-order valence-corrected chi connectivity index (χ0v) is 11.1. The van der Waals surface area contributed by atoms with Gasteiger partial charge in [-0.3, -0.25) is 4.79 Å². The maximum atomic E-state index is 13.5. The highest BCUT2D eigenvalue weighted by atomic mass is 19.1. The molecule has 104 valence electrons. The number of carbonyl (C=O) groups is 1. The molecule has 2 unspecified atom stereocenters. The average Bonchev–Trinajstić information content (AvgIpc) is 2.38. The number of benzene rings is 1. The van der Waals surface area contributed by atoms with Crippen LogP contribution in [0.5, 0.6) is 0 Å². The normalized spacial score (nSPS) is 23.3. The minimum Gasteiger partial charge on any atom is -0.314 e. The van der Waals surface area contributed by atoms with Gasteiger partial charge in [-0.1, -0.05) is 13.3 Å². The molecule has 1 aliphatic rings. The first-order valence-electron chi connectivity index (χ1n) is 6.81. The van der Waals surface area contributed by atoms with Crippen LogP contribution in [0.1, 0.15) is 43.0 Å². The molecule has 2 atom stereocenters. The molecule has 0 radical (unpaired) electrons. The summed E-state index contributed by atoms with van der Waals surface area (Å²) in [6.07, 6.45) is 3.47. The number of hydrogen-bond acceptors (Lipinski definition) is 2. The Kier molecular flexibility index (Phi) is 4.64. The van der Waals surface area contributed by atoms with Gasteiger partial charge in [0.25, 0.3) is 0 Å². The summed E-state index contributed by atoms with van der Waals surface area (Å²) < 4.78 is 26.3. The van der Waals surface area contributed by atoms with Gasteiger partial charge >= 0.3 is 0 Å². The van der Waals surface area contributed by atoms with Crippen LogP contribution in [0.3, 0.4) is 0 Å². The monoisotopic (exact) mass is 267 g/mol. The molecule has 0 spiro atoms. The smallest absolute Gasteiger partial charge is 0.167 e. The van der Waals surface area contributed by atoms with E-state index in [4.69, 9.17) is 0 Å². The Morgan fingerprint density at radius 3 is 2.89 bits per heavy atom. The largest absolute Gasteiger partial charge is 0.314 e. The van der Waals surface area contributed by atoms with E-state index in [1.165, 1.54) is 6.07 Å². The number of carbonyl (C=O) groups excluding carboxylic acids is 1. The van der Waals surface area contributed by atoms with E-state index in [9.17, 15) is 13.6 Å². The molecular formula is C15H19F2NO. The first-order valence-corrected chi connectivity index (χ1v) is 6.81. The number of nitrogens with one attached hydrogen (secondary N) is 1. The molecular weight excluding hydrogens is 248 g/mol. The summed E-state index contributed by atoms with van der Waals surface area (Å²) in [7, 11) is 0. The Morgan fingerprint density at radius 1 is 1.42 bits per heavy atom. The van der Waals surface area contributed by atoms with E-state index < -0.39 is 11.6 Å². The van der Waals surface area contributed by atoms with E-state index in [1.807, 2.05) is 0 Å². The highest BCUT2D eigenvalue weighted by molar-refractivity contribution is 5.96. The van der Waals surface area contributed by atoms with Crippen molar-refractivity contribution in [2.75, 3.05) is 6.54 Å². The van der Waals surface area contributed by atoms with Crippen molar-refractivity contribution in [3.8, 4) is 0 Å². The van der Waals surface area contributed by atoms with Gasteiger partial charge < -0.3 is 5.32 Å². The average molecular weight is 267 g/mol. The molecule has 1 heterocycles. The van der Waals surface area contributed by atoms with Crippen LogP contribution >= 0.6 is 0 Å². The lowest BCUT2D eigenvalue weighted by molar-refractivity contribution is 0.0953. The van der Waals surface area contributed by atoms with Gasteiger partial charge in [-0.2, -0.15) is 0 Å². The summed E-state index contributed by atoms with van der Waals surface area (Å²) in [5.74, 6) is -1.05. The Morgan fingerprint density at radius 2 is 2.21 bits per heavy atom. The summed E-state index contributed by atoms with van der Waals surface area (Å²) in [4.78, 5) is 12.0. The van der Waals surface area contributed by atoms with Crippen LogP contribution in [0.25, 0.3) is 0 Å². The highest BCUT2D eigenvalue weighted by Gasteiger charge is 2.23. The van der Waals surface area contributed by atoms with E-state index >= 15 is 0 Å². The Bertz CT molecular complexity index is 461. The van der Waals surface area contributed by atoms with Crippen molar-refractivity contribution in [3.05, 3.63) is 35.4 Å². The molecule has 1 aromatic rings. The van der Waals surface area contributed by atoms with Gasteiger partial charge in [-0.25, -0.2) is 8.78 Å². The molecule has 1 N–H and O–H groups in total. The van der Waals surface area contributed by atoms with Crippen molar-refractivity contribution in [2.24, 2.45) is 5.92 Å². The first-order chi connectivity index (χ1) is 9.10. The predicted molar refractivity (Wildman–Crippen MR) is 70.1 cm³/mol. The second-order valence-electron chi connectivity index (χ2n) is 5.20. The van der Waals surface area contributed by atoms with Crippen molar-refractivity contribution < 1.29 is 13.6 Å². The van der Waals surface area contributed by atoms with Gasteiger partial charge in [0.2, 0.25) is 0 Å². The highest BCUT2D eigenvalue weighted by Crippen LogP contribution is 2.22. The molecule has 0 aromatic heterocycles. The van der Waals surface area contributed by atoms with Crippen molar-refractivity contribution >= 4 is 5.78 Å². The van der Waals surface area contributed by atoms with Gasteiger partial charge in [0.15, 0.2) is 5.78 Å². The number of ketones is 1. The lowest BCUT2D eigenvalue weighted by Gasteiger charge is -2.29. The molecule has 4 heteroatoms. The molecule has 0 aliphatic carbocycles. The Labute approximate surface area is 112 Å². The molecule has 0 amide bonds. The lowest BCUT2D eigenvalue weighted by atomic mass is 9.87. The van der Waals surface area contributed by atoms with Crippen LogP contribution in [0, 0.1) is 17.6 Å². The molecule has 19 heavy (non-hydrogen) atoms. The number of rotatable bonds is 4. The minimum absolute atomic E-state index is 0.0122. The molecule has 1 aromatic carbocycles. The number of hydrogen-bond donors (Lipinski definition) is 1. The van der Waals surface area contributed by atoms with Crippen molar-refractivity contribution in [1.29, 1.82) is 0 Å². The number of Topliss-reactive ketones (excluding diaryl/α,β-unsaturated/α-hetero) is 1. The topological polar surface area (TPSA) is 29.1 Å². The first kappa shape index (κ1) is 14.1. The fraction of sp³-hybridized carbons (Fsp3) is 0.533. The van der Waals surface area contributed by atoms with Crippen LogP contribution in [-0.4, -0.2) is 18.4 Å². The van der Waals surface area contributed by atoms with E-state index in [1.54, 1.807) is 0 Å². The van der Waals surface area contributed by atoms with Gasteiger partial charge in [0.05, 0.1) is 5.56 Å². The van der Waals surface area contributed by atoms with E-state index in [0.29, 0.717) is 5.92 Å². The molecule has 0 saturated carbocycles. The molecule has 1 saturated heterocycles. The van der Waals surface area contributed by atoms with Crippen LogP contribution in [0.15, 0.2) is 18.2 Å². The molecule has 1 fully saturated rings. The van der Waals surface area contributed by atoms with Crippen molar-refractivity contribution in [2.45, 2.75) is 38.6 Å². The van der Waals surface area contributed by atoms with Crippen LogP contribution in [0.2, 0.25) is 0 Å². The zero-order chi connectivity index (χ0) is 13.8. The summed E-state index contributed by atoms with van der Waals surface area (Å²) in [6.45, 7) is 3.05. The van der Waals surface area contributed by atoms with Crippen molar-refractivity contribution in [3.63, 3.8) is 0 Å². The summed E-state index contributed by atoms with van der Waals surface area (Å²) >= 11 is 0. The van der Waals surface area contributed by atoms with Gasteiger partial charge in [0, 0.05) is 18.5 Å². The maximum absolute atomic E-state index is 13.5. The number of piperidine rings is 1. The fourth-order valence-corrected chi connectivity index (χ4v) is 2.67. The minimum atomic E-state index is -0.771. The molecule has 0 bridgehead atoms. The van der Waals surface area contributed by atoms with E-state index in [2.05, 4.69) is 12.2 Å². The molecule has 2 rings (SSSR count). The standard InChI is InChI=1S/C15H19F2NO/c1-2-10-5-6-18-12(7-10)9-15(19)13-4-3-11(16)8-14(13)17/h3-4,8,10,12,18H,2,5-7,9H2,1H3. The third-order valence-corrected chi connectivity index (χ3v) is 3.84. The van der Waals surface area contributed by atoms with Gasteiger partial charge in [0.1, 0.15) is 11.6 Å². The molecule has 2 nitrogen and oxygen atoms in total. The SMILES string of the molecule is CCC1CCNC(CC(=O)c2ccc(F)cc2F)C1. The summed E-state index contributed by atoms with van der Waals surface area (Å²) in [5.41, 5.74) is -0.0122. The van der Waals surface area contributed by atoms with Crippen LogP contribution in [-0.2, 0) is 0 Å². The predicted octanol–water partition coefficient (Wildman–Crippen LogP) is 3.32. The van der Waals surface area contributed by atoms with Gasteiger partial charge in [-0.15, -0.1) is 0 Å². The third kappa shape index (κ3) is 3.60. The maximum Gasteiger partial charge on any atom is 0.167 e. The number of halogens is 2. The Hall–Kier alpha value is -1.29. The zero-order valence-electron chi connectivity index (χ0n) is 11.1. The van der Waals surface area contributed by atoms with Crippen LogP contribution < -0.4 is 5.32 Å². The van der Waals surface area contributed by atoms with E-state index in [0.717, 1.165) is 37.9 Å². The summed E-state index contributed by atoms with van der Waals surface area (Å²) in [6, 6.07) is 3.22. The quantitative estimate of drug-likeness (QED) is 0.848. The summed E-state index contributed by atoms with van der Waals surface area (Å²) in [5, 5.41) is 3.30. The lowest BCUT2D eigenvalue weighted by Crippen LogP contribution is -2.39. The fourth-order valence-electron chi connectivity index (χ4n) is 2.67. The Balaban J connectivity index is 2.00. The third-order valence-electron chi connectivity index (χ3n) is 3.84. The van der Waals surface area contributed by atoms with E-state index in [-0.39, 0.29) is 23.8 Å². The van der Waals surface area contributed by atoms with Crippen molar-refractivity contribution in [1.82, 2.24) is 5.32 Å². The molecule has 1 aliphatic heterocycles. The van der Waals surface area contributed by atoms with Crippen LogP contribution in [0.4, 0.5) is 8.78 Å². The second kappa shape index (κ2) is 6.24.